The highest BCUT2D eigenvalue weighted by molar-refractivity contribution is 5.72. The normalized spacial score (nSPS) is 38.4. The number of methoxy groups -OCH3 is 1. The molecule has 0 radical (unpaired) electrons. The van der Waals surface area contributed by atoms with Crippen molar-refractivity contribution in [2.24, 2.45) is 17.8 Å². The molecule has 0 amide bonds. The maximum absolute atomic E-state index is 11.4. The van der Waals surface area contributed by atoms with Crippen LogP contribution in [-0.2, 0) is 9.53 Å². The molecule has 2 nitrogen and oxygen atoms in total. The Morgan fingerprint density at radius 3 is 2.31 bits per heavy atom. The zero-order valence-corrected chi connectivity index (χ0v) is 8.29. The zero-order chi connectivity index (χ0) is 9.26. The number of carbonyl (C=O) groups is 1. The van der Waals surface area contributed by atoms with E-state index < -0.39 is 0 Å². The summed E-state index contributed by atoms with van der Waals surface area (Å²) in [6, 6.07) is 0. The van der Waals surface area contributed by atoms with Crippen LogP contribution in [0.5, 0.6) is 0 Å². The summed E-state index contributed by atoms with van der Waals surface area (Å²) in [6.07, 6.45) is 7.59. The summed E-state index contributed by atoms with van der Waals surface area (Å²) in [5.41, 5.74) is 0. The van der Waals surface area contributed by atoms with Crippen LogP contribution in [0.15, 0.2) is 0 Å². The second-order valence-electron chi connectivity index (χ2n) is 4.59. The fourth-order valence-electron chi connectivity index (χ4n) is 3.09. The van der Waals surface area contributed by atoms with E-state index in [2.05, 4.69) is 0 Å². The highest BCUT2D eigenvalue weighted by atomic mass is 16.5. The molecule has 2 aliphatic rings. The Kier molecular flexibility index (Phi) is 2.56. The fourth-order valence-corrected chi connectivity index (χ4v) is 3.09. The summed E-state index contributed by atoms with van der Waals surface area (Å²) in [5.74, 6) is 1.87. The van der Waals surface area contributed by atoms with Crippen LogP contribution >= 0.6 is 0 Å². The first-order valence-corrected chi connectivity index (χ1v) is 5.37. The van der Waals surface area contributed by atoms with Crippen molar-refractivity contribution < 1.29 is 9.53 Å². The van der Waals surface area contributed by atoms with E-state index in [0.29, 0.717) is 0 Å². The van der Waals surface area contributed by atoms with E-state index in [1.165, 1.54) is 32.8 Å². The minimum atomic E-state index is 0.0246. The third kappa shape index (κ3) is 1.87. The molecule has 2 unspecified atom stereocenters. The summed E-state index contributed by atoms with van der Waals surface area (Å²) >= 11 is 0. The first-order valence-electron chi connectivity index (χ1n) is 5.37. The van der Waals surface area contributed by atoms with Crippen LogP contribution in [0, 0.1) is 17.8 Å². The molecule has 2 rings (SSSR count). The molecule has 13 heavy (non-hydrogen) atoms. The third-order valence-corrected chi connectivity index (χ3v) is 3.66. The van der Waals surface area contributed by atoms with Gasteiger partial charge in [0.2, 0.25) is 0 Å². The molecule has 2 heteroatoms. The topological polar surface area (TPSA) is 26.3 Å². The lowest BCUT2D eigenvalue weighted by Crippen LogP contribution is -2.31. The van der Waals surface area contributed by atoms with E-state index in [1.54, 1.807) is 0 Å². The van der Waals surface area contributed by atoms with E-state index in [9.17, 15) is 4.79 Å². The van der Waals surface area contributed by atoms with Gasteiger partial charge in [-0.3, -0.25) is 4.79 Å². The molecule has 74 valence electrons. The molecule has 2 saturated carbocycles. The standard InChI is InChI=1S/C11H18O2/c1-13-11(12)10-6-8-3-2-4-9(5-8)7-10/h8-10H,2-7H2,1H3. The zero-order valence-electron chi connectivity index (χ0n) is 8.29. The van der Waals surface area contributed by atoms with Gasteiger partial charge in [-0.25, -0.2) is 0 Å². The summed E-state index contributed by atoms with van der Waals surface area (Å²) < 4.78 is 4.82. The van der Waals surface area contributed by atoms with Crippen molar-refractivity contribution in [1.29, 1.82) is 0 Å². The Morgan fingerprint density at radius 1 is 1.15 bits per heavy atom. The van der Waals surface area contributed by atoms with Crippen LogP contribution in [0.2, 0.25) is 0 Å². The summed E-state index contributed by atoms with van der Waals surface area (Å²) in [4.78, 5) is 11.4. The van der Waals surface area contributed by atoms with Crippen molar-refractivity contribution in [2.45, 2.75) is 38.5 Å². The van der Waals surface area contributed by atoms with Crippen LogP contribution in [0.25, 0.3) is 0 Å². The van der Waals surface area contributed by atoms with E-state index in [4.69, 9.17) is 4.74 Å². The number of ether oxygens (including phenoxy) is 1. The minimum Gasteiger partial charge on any atom is -0.469 e. The Bertz CT molecular complexity index is 188. The second kappa shape index (κ2) is 3.69. The van der Waals surface area contributed by atoms with Crippen LogP contribution < -0.4 is 0 Å². The van der Waals surface area contributed by atoms with E-state index in [1.807, 2.05) is 0 Å². The molecule has 0 aromatic rings. The van der Waals surface area contributed by atoms with E-state index in [-0.39, 0.29) is 11.9 Å². The molecule has 0 saturated heterocycles. The highest BCUT2D eigenvalue weighted by Crippen LogP contribution is 2.42. The molecule has 2 aliphatic carbocycles. The van der Waals surface area contributed by atoms with Gasteiger partial charge >= 0.3 is 5.97 Å². The van der Waals surface area contributed by atoms with E-state index >= 15 is 0 Å². The number of carbonyl (C=O) groups excluding carboxylic acids is 1. The van der Waals surface area contributed by atoms with Gasteiger partial charge < -0.3 is 4.74 Å². The van der Waals surface area contributed by atoms with Crippen LogP contribution in [-0.4, -0.2) is 13.1 Å². The third-order valence-electron chi connectivity index (χ3n) is 3.66. The fraction of sp³-hybridized carbons (Fsp3) is 0.909. The Labute approximate surface area is 79.7 Å². The quantitative estimate of drug-likeness (QED) is 0.582. The first-order chi connectivity index (χ1) is 6.29. The smallest absolute Gasteiger partial charge is 0.308 e. The molecule has 0 aromatic carbocycles. The highest BCUT2D eigenvalue weighted by Gasteiger charge is 2.35. The summed E-state index contributed by atoms with van der Waals surface area (Å²) in [6.45, 7) is 0. The van der Waals surface area contributed by atoms with Gasteiger partial charge in [-0.15, -0.1) is 0 Å². The lowest BCUT2D eigenvalue weighted by atomic mass is 9.68. The Balaban J connectivity index is 1.97. The first kappa shape index (κ1) is 9.04. The van der Waals surface area contributed by atoms with Crippen molar-refractivity contribution in [1.82, 2.24) is 0 Å². The van der Waals surface area contributed by atoms with Crippen LogP contribution in [0.4, 0.5) is 0 Å². The number of hydrogen-bond donors (Lipinski definition) is 0. The molecular formula is C11H18O2. The SMILES string of the molecule is COC(=O)C1CC2CCCC(C2)C1. The minimum absolute atomic E-state index is 0.0246. The van der Waals surface area contributed by atoms with Gasteiger partial charge in [0, 0.05) is 0 Å². The Morgan fingerprint density at radius 2 is 1.77 bits per heavy atom. The van der Waals surface area contributed by atoms with Crippen molar-refractivity contribution >= 4 is 5.97 Å². The number of esters is 1. The van der Waals surface area contributed by atoms with Gasteiger partial charge in [0.25, 0.3) is 0 Å². The molecule has 0 N–H and O–H groups in total. The van der Waals surface area contributed by atoms with Gasteiger partial charge in [0.05, 0.1) is 13.0 Å². The average molecular weight is 182 g/mol. The molecule has 0 spiro atoms. The predicted molar refractivity (Wildman–Crippen MR) is 50.2 cm³/mol. The average Bonchev–Trinajstić information content (AvgIpc) is 2.16. The number of rotatable bonds is 1. The lowest BCUT2D eigenvalue weighted by Gasteiger charge is -2.37. The molecular weight excluding hydrogens is 164 g/mol. The predicted octanol–water partition coefficient (Wildman–Crippen LogP) is 2.38. The number of hydrogen-bond acceptors (Lipinski definition) is 2. The van der Waals surface area contributed by atoms with Crippen molar-refractivity contribution in [3.8, 4) is 0 Å². The van der Waals surface area contributed by atoms with Crippen LogP contribution in [0.3, 0.4) is 0 Å². The molecule has 2 bridgehead atoms. The maximum atomic E-state index is 11.4. The molecule has 0 heterocycles. The molecule has 0 aromatic heterocycles. The largest absolute Gasteiger partial charge is 0.469 e. The summed E-state index contributed by atoms with van der Waals surface area (Å²) in [5, 5.41) is 0. The monoisotopic (exact) mass is 182 g/mol. The van der Waals surface area contributed by atoms with Gasteiger partial charge in [-0.2, -0.15) is 0 Å². The van der Waals surface area contributed by atoms with Crippen LogP contribution in [0.1, 0.15) is 38.5 Å². The molecule has 2 atom stereocenters. The Hall–Kier alpha value is -0.530. The van der Waals surface area contributed by atoms with Gasteiger partial charge in [0.1, 0.15) is 0 Å². The summed E-state index contributed by atoms with van der Waals surface area (Å²) in [7, 11) is 1.51. The molecule has 2 fully saturated rings. The van der Waals surface area contributed by atoms with Crippen molar-refractivity contribution in [3.63, 3.8) is 0 Å². The van der Waals surface area contributed by atoms with Crippen molar-refractivity contribution in [3.05, 3.63) is 0 Å². The van der Waals surface area contributed by atoms with Gasteiger partial charge in [0.15, 0.2) is 0 Å². The maximum Gasteiger partial charge on any atom is 0.308 e. The lowest BCUT2D eigenvalue weighted by molar-refractivity contribution is -0.148. The van der Waals surface area contributed by atoms with E-state index in [0.717, 1.165) is 24.7 Å². The number of fused-ring (bicyclic) bond motifs is 2. The van der Waals surface area contributed by atoms with Crippen molar-refractivity contribution in [2.75, 3.05) is 7.11 Å². The van der Waals surface area contributed by atoms with Gasteiger partial charge in [-0.1, -0.05) is 19.3 Å². The van der Waals surface area contributed by atoms with Gasteiger partial charge in [-0.05, 0) is 31.1 Å². The second-order valence-corrected chi connectivity index (χ2v) is 4.59. The molecule has 0 aliphatic heterocycles.